The van der Waals surface area contributed by atoms with Crippen molar-refractivity contribution in [1.82, 2.24) is 4.90 Å². The normalized spacial score (nSPS) is 27.4. The van der Waals surface area contributed by atoms with Crippen LogP contribution in [0.25, 0.3) is 0 Å². The van der Waals surface area contributed by atoms with Gasteiger partial charge < -0.3 is 4.90 Å². The van der Waals surface area contributed by atoms with Crippen molar-refractivity contribution in [1.29, 1.82) is 0 Å². The fraction of sp³-hybridized carbons (Fsp3) is 0.600. The Kier molecular flexibility index (Phi) is 3.84. The van der Waals surface area contributed by atoms with Crippen LogP contribution in [0.1, 0.15) is 31.2 Å². The zero-order chi connectivity index (χ0) is 14.2. The molecule has 110 valence electrons. The predicted molar refractivity (Wildman–Crippen MR) is 77.1 cm³/mol. The quantitative estimate of drug-likeness (QED) is 0.800. The summed E-state index contributed by atoms with van der Waals surface area (Å²) in [6.45, 7) is 4.24. The second-order valence-electron chi connectivity index (χ2n) is 5.85. The van der Waals surface area contributed by atoms with Gasteiger partial charge in [0.05, 0.1) is 11.0 Å². The van der Waals surface area contributed by atoms with Crippen LogP contribution in [-0.4, -0.2) is 38.6 Å². The van der Waals surface area contributed by atoms with Crippen LogP contribution in [0, 0.1) is 6.92 Å². The molecule has 2 aliphatic rings. The van der Waals surface area contributed by atoms with E-state index in [1.807, 2.05) is 6.92 Å². The molecular weight excluding hydrogens is 274 g/mol. The summed E-state index contributed by atoms with van der Waals surface area (Å²) in [6.07, 6.45) is 4.07. The fourth-order valence-corrected chi connectivity index (χ4v) is 4.06. The summed E-state index contributed by atoms with van der Waals surface area (Å²) in [5, 5.41) is 0. The lowest BCUT2D eigenvalue weighted by atomic mass is 9.88. The van der Waals surface area contributed by atoms with Gasteiger partial charge in [-0.3, -0.25) is 4.18 Å². The SMILES string of the molecule is Cc1ccc(S(=O)(=O)O[C@H]2C[C@@H](N3CCCC3)C2)cc1. The van der Waals surface area contributed by atoms with Crippen molar-refractivity contribution in [2.75, 3.05) is 13.1 Å². The first-order chi connectivity index (χ1) is 9.54. The minimum atomic E-state index is -3.60. The smallest absolute Gasteiger partial charge is 0.297 e. The summed E-state index contributed by atoms with van der Waals surface area (Å²) < 4.78 is 29.6. The molecule has 0 amide bonds. The van der Waals surface area contributed by atoms with E-state index in [4.69, 9.17) is 4.18 Å². The molecule has 1 aliphatic heterocycles. The zero-order valence-electron chi connectivity index (χ0n) is 11.8. The topological polar surface area (TPSA) is 46.6 Å². The molecule has 1 heterocycles. The van der Waals surface area contributed by atoms with Crippen molar-refractivity contribution in [3.8, 4) is 0 Å². The Morgan fingerprint density at radius 3 is 2.30 bits per heavy atom. The van der Waals surface area contributed by atoms with E-state index in [0.717, 1.165) is 31.5 Å². The van der Waals surface area contributed by atoms with Gasteiger partial charge in [-0.15, -0.1) is 0 Å². The van der Waals surface area contributed by atoms with Gasteiger partial charge in [-0.05, 0) is 57.8 Å². The summed E-state index contributed by atoms with van der Waals surface area (Å²) in [5.74, 6) is 0. The summed E-state index contributed by atoms with van der Waals surface area (Å²) in [6, 6.07) is 7.34. The number of hydrogen-bond acceptors (Lipinski definition) is 4. The zero-order valence-corrected chi connectivity index (χ0v) is 12.6. The van der Waals surface area contributed by atoms with Crippen molar-refractivity contribution in [3.05, 3.63) is 29.8 Å². The van der Waals surface area contributed by atoms with Crippen LogP contribution >= 0.6 is 0 Å². The van der Waals surface area contributed by atoms with Gasteiger partial charge in [-0.25, -0.2) is 0 Å². The average Bonchev–Trinajstić information content (AvgIpc) is 2.87. The molecule has 1 aliphatic carbocycles. The highest BCUT2D eigenvalue weighted by molar-refractivity contribution is 7.86. The van der Waals surface area contributed by atoms with Gasteiger partial charge in [-0.2, -0.15) is 8.42 Å². The number of nitrogens with zero attached hydrogens (tertiary/aromatic N) is 1. The molecule has 1 saturated heterocycles. The number of rotatable bonds is 4. The van der Waals surface area contributed by atoms with E-state index in [2.05, 4.69) is 4.90 Å². The first-order valence-electron chi connectivity index (χ1n) is 7.28. The average molecular weight is 295 g/mol. The van der Waals surface area contributed by atoms with Crippen molar-refractivity contribution in [2.45, 2.75) is 49.6 Å². The second-order valence-corrected chi connectivity index (χ2v) is 7.43. The van der Waals surface area contributed by atoms with Crippen molar-refractivity contribution >= 4 is 10.1 Å². The van der Waals surface area contributed by atoms with E-state index in [0.29, 0.717) is 6.04 Å². The summed E-state index contributed by atoms with van der Waals surface area (Å²) in [5.41, 5.74) is 1.04. The summed E-state index contributed by atoms with van der Waals surface area (Å²) >= 11 is 0. The van der Waals surface area contributed by atoms with Gasteiger partial charge >= 0.3 is 0 Å². The monoisotopic (exact) mass is 295 g/mol. The molecule has 0 bridgehead atoms. The Balaban J connectivity index is 1.57. The minimum absolute atomic E-state index is 0.146. The molecule has 0 atom stereocenters. The molecule has 1 aromatic carbocycles. The Morgan fingerprint density at radius 1 is 1.10 bits per heavy atom. The van der Waals surface area contributed by atoms with Gasteiger partial charge in [0, 0.05) is 6.04 Å². The van der Waals surface area contributed by atoms with Crippen LogP contribution in [0.5, 0.6) is 0 Å². The van der Waals surface area contributed by atoms with Crippen LogP contribution < -0.4 is 0 Å². The molecule has 2 fully saturated rings. The minimum Gasteiger partial charge on any atom is -0.300 e. The third-order valence-electron chi connectivity index (χ3n) is 4.30. The molecule has 5 heteroatoms. The molecule has 0 spiro atoms. The first-order valence-corrected chi connectivity index (χ1v) is 8.69. The molecule has 0 radical (unpaired) electrons. The highest BCUT2D eigenvalue weighted by Crippen LogP contribution is 2.32. The Bertz CT molecular complexity index is 555. The molecule has 20 heavy (non-hydrogen) atoms. The number of hydrogen-bond donors (Lipinski definition) is 0. The van der Waals surface area contributed by atoms with E-state index in [9.17, 15) is 8.42 Å². The van der Waals surface area contributed by atoms with Crippen LogP contribution in [-0.2, 0) is 14.3 Å². The molecule has 4 nitrogen and oxygen atoms in total. The van der Waals surface area contributed by atoms with E-state index in [1.165, 1.54) is 12.8 Å². The number of likely N-dealkylation sites (tertiary alicyclic amines) is 1. The highest BCUT2D eigenvalue weighted by atomic mass is 32.2. The van der Waals surface area contributed by atoms with Gasteiger partial charge in [0.25, 0.3) is 10.1 Å². The lowest BCUT2D eigenvalue weighted by Crippen LogP contribution is -2.47. The van der Waals surface area contributed by atoms with Crippen LogP contribution in [0.3, 0.4) is 0 Å². The lowest BCUT2D eigenvalue weighted by molar-refractivity contribution is 0.0325. The van der Waals surface area contributed by atoms with Crippen LogP contribution in [0.15, 0.2) is 29.2 Å². The predicted octanol–water partition coefficient (Wildman–Crippen LogP) is 2.33. The highest BCUT2D eigenvalue weighted by Gasteiger charge is 2.38. The maximum absolute atomic E-state index is 12.1. The Hall–Kier alpha value is -0.910. The molecule has 3 rings (SSSR count). The van der Waals surface area contributed by atoms with Crippen molar-refractivity contribution < 1.29 is 12.6 Å². The molecule has 0 N–H and O–H groups in total. The van der Waals surface area contributed by atoms with Gasteiger partial charge in [0.2, 0.25) is 0 Å². The number of aryl methyl sites for hydroxylation is 1. The molecule has 1 aromatic rings. The largest absolute Gasteiger partial charge is 0.300 e. The van der Waals surface area contributed by atoms with E-state index < -0.39 is 10.1 Å². The molecule has 0 aromatic heterocycles. The van der Waals surface area contributed by atoms with E-state index in [-0.39, 0.29) is 11.0 Å². The Labute approximate surface area is 120 Å². The molecular formula is C15H21NO3S. The van der Waals surface area contributed by atoms with Crippen LogP contribution in [0.2, 0.25) is 0 Å². The van der Waals surface area contributed by atoms with Crippen molar-refractivity contribution in [2.24, 2.45) is 0 Å². The number of benzene rings is 1. The second kappa shape index (κ2) is 5.47. The first kappa shape index (κ1) is 14.0. The van der Waals surface area contributed by atoms with Gasteiger partial charge in [-0.1, -0.05) is 17.7 Å². The van der Waals surface area contributed by atoms with Crippen LogP contribution in [0.4, 0.5) is 0 Å². The third kappa shape index (κ3) is 2.90. The summed E-state index contributed by atoms with van der Waals surface area (Å²) in [7, 11) is -3.60. The molecule has 0 unspecified atom stereocenters. The standard InChI is InChI=1S/C15H21NO3S/c1-12-4-6-15(7-5-12)20(17,18)19-14-10-13(11-14)16-8-2-3-9-16/h4-7,13-14H,2-3,8-11H2,1H3/t13-,14+. The van der Waals surface area contributed by atoms with E-state index in [1.54, 1.807) is 24.3 Å². The third-order valence-corrected chi connectivity index (χ3v) is 5.67. The Morgan fingerprint density at radius 2 is 1.70 bits per heavy atom. The van der Waals surface area contributed by atoms with Gasteiger partial charge in [0.1, 0.15) is 0 Å². The van der Waals surface area contributed by atoms with Gasteiger partial charge in [0.15, 0.2) is 0 Å². The van der Waals surface area contributed by atoms with Crippen molar-refractivity contribution in [3.63, 3.8) is 0 Å². The maximum atomic E-state index is 12.1. The lowest BCUT2D eigenvalue weighted by Gasteiger charge is -2.40. The molecule has 1 saturated carbocycles. The van der Waals surface area contributed by atoms with E-state index >= 15 is 0 Å². The maximum Gasteiger partial charge on any atom is 0.297 e. The summed E-state index contributed by atoms with van der Waals surface area (Å²) in [4.78, 5) is 2.71. The fourth-order valence-electron chi connectivity index (χ4n) is 2.96.